The van der Waals surface area contributed by atoms with Gasteiger partial charge in [-0.2, -0.15) is 31.4 Å². The SMILES string of the molecule is CCn1cc2c(n1)CN(Cc1csc(C)n1)CC2COC.O=C(O)C(F)(F)F.O=C(O)C(F)(F)F. The van der Waals surface area contributed by atoms with E-state index in [4.69, 9.17) is 29.6 Å². The van der Waals surface area contributed by atoms with Gasteiger partial charge >= 0.3 is 24.3 Å². The molecule has 1 unspecified atom stereocenters. The molecule has 2 N–H and O–H groups in total. The van der Waals surface area contributed by atoms with Gasteiger partial charge in [0, 0.05) is 56.3 Å². The molecule has 1 aliphatic heterocycles. The summed E-state index contributed by atoms with van der Waals surface area (Å²) in [5.41, 5.74) is 3.70. The number of rotatable bonds is 5. The average Bonchev–Trinajstić information content (AvgIpc) is 3.33. The highest BCUT2D eigenvalue weighted by Gasteiger charge is 2.38. The molecular weight excluding hydrogens is 510 g/mol. The van der Waals surface area contributed by atoms with Crippen LogP contribution in [0.15, 0.2) is 11.6 Å². The molecule has 0 amide bonds. The van der Waals surface area contributed by atoms with Crippen molar-refractivity contribution in [1.82, 2.24) is 19.7 Å². The summed E-state index contributed by atoms with van der Waals surface area (Å²) >= 11 is 1.72. The second-order valence-corrected chi connectivity index (χ2v) is 8.23. The third kappa shape index (κ3) is 10.2. The van der Waals surface area contributed by atoms with Crippen molar-refractivity contribution in [2.24, 2.45) is 0 Å². The molecule has 0 aromatic carbocycles. The van der Waals surface area contributed by atoms with Crippen LogP contribution in [0.1, 0.15) is 34.8 Å². The summed E-state index contributed by atoms with van der Waals surface area (Å²) in [6.07, 6.45) is -7.98. The molecule has 3 rings (SSSR count). The van der Waals surface area contributed by atoms with Gasteiger partial charge in [0.2, 0.25) is 0 Å². The second kappa shape index (κ2) is 12.8. The maximum atomic E-state index is 10.6. The summed E-state index contributed by atoms with van der Waals surface area (Å²) in [5, 5.41) is 22.2. The number of carboxylic acids is 2. The third-order valence-electron chi connectivity index (χ3n) is 4.39. The van der Waals surface area contributed by atoms with E-state index in [0.29, 0.717) is 5.92 Å². The Morgan fingerprint density at radius 2 is 1.71 bits per heavy atom. The summed E-state index contributed by atoms with van der Waals surface area (Å²) in [6.45, 7) is 8.64. The summed E-state index contributed by atoms with van der Waals surface area (Å²) in [7, 11) is 1.77. The molecule has 0 aliphatic carbocycles. The molecular formula is C19H24F6N4O5S. The molecule has 198 valence electrons. The standard InChI is InChI=1S/C15H22N4OS.2C2HF3O2/c1-4-19-7-14-12(9-20-3)5-18(8-15(14)17-19)6-13-10-21-11(2)16-13;2*3-2(4,5)1(6)7/h7,10,12H,4-6,8-9H2,1-3H3;2*(H,6,7). The van der Waals surface area contributed by atoms with Gasteiger partial charge in [-0.25, -0.2) is 14.6 Å². The van der Waals surface area contributed by atoms with Gasteiger partial charge in [0.25, 0.3) is 0 Å². The van der Waals surface area contributed by atoms with E-state index in [2.05, 4.69) is 35.3 Å². The Balaban J connectivity index is 0.000000362. The number of aromatic nitrogens is 3. The lowest BCUT2D eigenvalue weighted by Gasteiger charge is -2.31. The first-order chi connectivity index (χ1) is 16.1. The number of methoxy groups -OCH3 is 1. The third-order valence-corrected chi connectivity index (χ3v) is 5.21. The molecule has 35 heavy (non-hydrogen) atoms. The van der Waals surface area contributed by atoms with Crippen LogP contribution in [0.4, 0.5) is 26.3 Å². The van der Waals surface area contributed by atoms with Gasteiger partial charge in [-0.15, -0.1) is 11.3 Å². The minimum atomic E-state index is -5.08. The van der Waals surface area contributed by atoms with Crippen LogP contribution in [0.3, 0.4) is 0 Å². The predicted molar refractivity (Wildman–Crippen MR) is 111 cm³/mol. The maximum absolute atomic E-state index is 10.6. The number of aliphatic carboxylic acids is 2. The lowest BCUT2D eigenvalue weighted by atomic mass is 9.95. The monoisotopic (exact) mass is 534 g/mol. The van der Waals surface area contributed by atoms with E-state index in [1.165, 1.54) is 11.3 Å². The van der Waals surface area contributed by atoms with E-state index in [0.717, 1.165) is 43.5 Å². The fourth-order valence-corrected chi connectivity index (χ4v) is 3.57. The van der Waals surface area contributed by atoms with E-state index in [1.54, 1.807) is 18.4 Å². The van der Waals surface area contributed by atoms with Gasteiger partial charge < -0.3 is 14.9 Å². The lowest BCUT2D eigenvalue weighted by Crippen LogP contribution is -2.34. The number of ether oxygens (including phenoxy) is 1. The molecule has 9 nitrogen and oxygen atoms in total. The molecule has 1 atom stereocenters. The number of alkyl halides is 6. The molecule has 0 saturated carbocycles. The fourth-order valence-electron chi connectivity index (χ4n) is 2.96. The van der Waals surface area contributed by atoms with Gasteiger partial charge in [0.05, 0.1) is 23.0 Å². The number of halogens is 6. The second-order valence-electron chi connectivity index (χ2n) is 7.17. The molecule has 0 saturated heterocycles. The number of aryl methyl sites for hydroxylation is 2. The van der Waals surface area contributed by atoms with Crippen LogP contribution in [0, 0.1) is 6.92 Å². The Bertz CT molecular complexity index is 952. The Morgan fingerprint density at radius 1 is 1.17 bits per heavy atom. The van der Waals surface area contributed by atoms with Gasteiger partial charge in [-0.1, -0.05) is 0 Å². The van der Waals surface area contributed by atoms with Crippen LogP contribution in [0.5, 0.6) is 0 Å². The van der Waals surface area contributed by atoms with Gasteiger partial charge in [0.15, 0.2) is 0 Å². The van der Waals surface area contributed by atoms with E-state index in [-0.39, 0.29) is 0 Å². The predicted octanol–water partition coefficient (Wildman–Crippen LogP) is 3.68. The van der Waals surface area contributed by atoms with Crippen LogP contribution in [0.2, 0.25) is 0 Å². The molecule has 0 fully saturated rings. The Morgan fingerprint density at radius 3 is 2.11 bits per heavy atom. The molecule has 0 bridgehead atoms. The van der Waals surface area contributed by atoms with Crippen molar-refractivity contribution < 1.29 is 50.9 Å². The largest absolute Gasteiger partial charge is 0.490 e. The van der Waals surface area contributed by atoms with E-state index in [1.807, 2.05) is 4.68 Å². The Hall–Kier alpha value is -2.72. The van der Waals surface area contributed by atoms with Crippen molar-refractivity contribution in [2.75, 3.05) is 20.3 Å². The first kappa shape index (κ1) is 30.3. The highest BCUT2D eigenvalue weighted by Crippen LogP contribution is 2.29. The van der Waals surface area contributed by atoms with Crippen LogP contribution < -0.4 is 0 Å². The number of thiazole rings is 1. The molecule has 3 heterocycles. The van der Waals surface area contributed by atoms with Crippen LogP contribution in [0.25, 0.3) is 0 Å². The lowest BCUT2D eigenvalue weighted by molar-refractivity contribution is -0.193. The van der Waals surface area contributed by atoms with Crippen molar-refractivity contribution in [1.29, 1.82) is 0 Å². The van der Waals surface area contributed by atoms with Gasteiger partial charge in [-0.3, -0.25) is 9.58 Å². The zero-order chi connectivity index (χ0) is 27.0. The quantitative estimate of drug-likeness (QED) is 0.558. The number of hydrogen-bond acceptors (Lipinski definition) is 7. The Labute approximate surface area is 199 Å². The molecule has 0 spiro atoms. The smallest absolute Gasteiger partial charge is 0.475 e. The molecule has 2 aromatic heterocycles. The van der Waals surface area contributed by atoms with E-state index < -0.39 is 24.3 Å². The van der Waals surface area contributed by atoms with Crippen molar-refractivity contribution >= 4 is 23.3 Å². The zero-order valence-electron chi connectivity index (χ0n) is 18.9. The number of hydrogen-bond donors (Lipinski definition) is 2. The molecule has 0 radical (unpaired) electrons. The molecule has 16 heteroatoms. The fraction of sp³-hybridized carbons (Fsp3) is 0.579. The number of nitrogens with zero attached hydrogens (tertiary/aromatic N) is 4. The Kier molecular flexibility index (Phi) is 11.1. The number of fused-ring (bicyclic) bond motifs is 1. The van der Waals surface area contributed by atoms with Crippen LogP contribution in [-0.2, 0) is 34.0 Å². The van der Waals surface area contributed by atoms with E-state index in [9.17, 15) is 26.3 Å². The minimum Gasteiger partial charge on any atom is -0.475 e. The maximum Gasteiger partial charge on any atom is 0.490 e. The van der Waals surface area contributed by atoms with Crippen molar-refractivity contribution in [2.45, 2.75) is 51.8 Å². The molecule has 1 aliphatic rings. The van der Waals surface area contributed by atoms with Crippen molar-refractivity contribution in [3.8, 4) is 0 Å². The van der Waals surface area contributed by atoms with Crippen LogP contribution in [-0.4, -0.2) is 74.4 Å². The van der Waals surface area contributed by atoms with Crippen LogP contribution >= 0.6 is 11.3 Å². The topological polar surface area (TPSA) is 118 Å². The highest BCUT2D eigenvalue weighted by molar-refractivity contribution is 7.09. The minimum absolute atomic E-state index is 0.402. The highest BCUT2D eigenvalue weighted by atomic mass is 32.1. The van der Waals surface area contributed by atoms with Crippen molar-refractivity contribution in [3.63, 3.8) is 0 Å². The normalized spacial score (nSPS) is 15.9. The van der Waals surface area contributed by atoms with Gasteiger partial charge in [0.1, 0.15) is 0 Å². The summed E-state index contributed by atoms with van der Waals surface area (Å²) < 4.78 is 70.9. The average molecular weight is 534 g/mol. The number of carboxylic acid groups (broad SMARTS) is 2. The van der Waals surface area contributed by atoms with Crippen molar-refractivity contribution in [3.05, 3.63) is 33.5 Å². The first-order valence-corrected chi connectivity index (χ1v) is 10.7. The number of carbonyl (C=O) groups is 2. The zero-order valence-corrected chi connectivity index (χ0v) is 19.7. The van der Waals surface area contributed by atoms with Gasteiger partial charge in [-0.05, 0) is 13.8 Å². The molecule has 2 aromatic rings. The van der Waals surface area contributed by atoms with E-state index >= 15 is 0 Å². The summed E-state index contributed by atoms with van der Waals surface area (Å²) in [5.74, 6) is -5.11. The first-order valence-electron chi connectivity index (χ1n) is 9.87. The summed E-state index contributed by atoms with van der Waals surface area (Å²) in [4.78, 5) is 24.8. The summed E-state index contributed by atoms with van der Waals surface area (Å²) in [6, 6.07) is 0.